The Kier molecular flexibility index (Phi) is 3.84. The van der Waals surface area contributed by atoms with E-state index in [2.05, 4.69) is 11.9 Å². The topological polar surface area (TPSA) is 12.5 Å². The molecular weight excluding hydrogens is 327 g/mol. The Morgan fingerprint density at radius 3 is 2.32 bits per heavy atom. The molecule has 1 fully saturated rings. The molecule has 4 rings (SSSR count). The fourth-order valence-corrected chi connectivity index (χ4v) is 3.54. The molecule has 0 aliphatic carbocycles. The number of benzene rings is 2. The van der Waals surface area contributed by atoms with Crippen molar-refractivity contribution in [3.8, 4) is 11.5 Å². The predicted molar refractivity (Wildman–Crippen MR) is 90.7 cm³/mol. The van der Waals surface area contributed by atoms with Crippen LogP contribution in [0.2, 0.25) is 0 Å². The average Bonchev–Trinajstić information content (AvgIpc) is 2.59. The number of fused-ring (bicyclic) bond motifs is 2. The lowest BCUT2D eigenvalue weighted by molar-refractivity contribution is -0.137. The molecule has 2 aliphatic heterocycles. The third-order valence-electron chi connectivity index (χ3n) is 4.90. The summed E-state index contributed by atoms with van der Waals surface area (Å²) < 4.78 is 45.5. The van der Waals surface area contributed by atoms with Gasteiger partial charge in [0.1, 0.15) is 11.5 Å². The molecule has 5 heteroatoms. The Labute approximate surface area is 144 Å². The maximum Gasteiger partial charge on any atom is 0.416 e. The van der Waals surface area contributed by atoms with Gasteiger partial charge in [0.05, 0.1) is 5.56 Å². The van der Waals surface area contributed by atoms with Gasteiger partial charge in [0, 0.05) is 24.2 Å². The first-order valence-electron chi connectivity index (χ1n) is 8.33. The summed E-state index contributed by atoms with van der Waals surface area (Å²) in [7, 11) is 2.06. The van der Waals surface area contributed by atoms with Crippen molar-refractivity contribution in [3.63, 3.8) is 0 Å². The zero-order valence-electron chi connectivity index (χ0n) is 13.9. The summed E-state index contributed by atoms with van der Waals surface area (Å²) in [5.74, 6) is 1.20. The molecule has 0 unspecified atom stereocenters. The second-order valence-electron chi connectivity index (χ2n) is 6.59. The van der Waals surface area contributed by atoms with E-state index in [1.165, 1.54) is 17.7 Å². The smallest absolute Gasteiger partial charge is 0.416 e. The van der Waals surface area contributed by atoms with Crippen LogP contribution in [0.25, 0.3) is 5.57 Å². The van der Waals surface area contributed by atoms with Crippen molar-refractivity contribution in [1.29, 1.82) is 0 Å². The summed E-state index contributed by atoms with van der Waals surface area (Å²) in [6, 6.07) is 11.3. The number of hydrogen-bond acceptors (Lipinski definition) is 2. The summed E-state index contributed by atoms with van der Waals surface area (Å²) in [5, 5.41) is 0. The molecule has 0 N–H and O–H groups in total. The summed E-state index contributed by atoms with van der Waals surface area (Å²) in [5.41, 5.74) is 2.91. The molecule has 2 aliphatic rings. The largest absolute Gasteiger partial charge is 0.456 e. The summed E-state index contributed by atoms with van der Waals surface area (Å²) in [4.78, 5) is 2.24. The third-order valence-corrected chi connectivity index (χ3v) is 4.90. The van der Waals surface area contributed by atoms with Crippen LogP contribution in [0.1, 0.15) is 29.5 Å². The number of piperidine rings is 1. The van der Waals surface area contributed by atoms with E-state index < -0.39 is 11.7 Å². The van der Waals surface area contributed by atoms with Gasteiger partial charge in [0.15, 0.2) is 0 Å². The minimum absolute atomic E-state index is 0.494. The van der Waals surface area contributed by atoms with Gasteiger partial charge in [-0.25, -0.2) is 0 Å². The number of rotatable bonds is 0. The Balaban J connectivity index is 1.92. The van der Waals surface area contributed by atoms with E-state index in [4.69, 9.17) is 4.74 Å². The monoisotopic (exact) mass is 345 g/mol. The van der Waals surface area contributed by atoms with Crippen molar-refractivity contribution < 1.29 is 17.9 Å². The van der Waals surface area contributed by atoms with Crippen LogP contribution < -0.4 is 4.74 Å². The summed E-state index contributed by atoms with van der Waals surface area (Å²) >= 11 is 0. The van der Waals surface area contributed by atoms with Gasteiger partial charge in [-0.3, -0.25) is 0 Å². The van der Waals surface area contributed by atoms with Crippen LogP contribution in [0.15, 0.2) is 48.0 Å². The van der Waals surface area contributed by atoms with Crippen molar-refractivity contribution >= 4 is 5.57 Å². The first-order chi connectivity index (χ1) is 11.9. The lowest BCUT2D eigenvalue weighted by atomic mass is 9.85. The zero-order chi connectivity index (χ0) is 17.6. The number of ether oxygens (including phenoxy) is 1. The molecule has 2 aromatic carbocycles. The molecule has 2 heterocycles. The number of nitrogens with zero attached hydrogens (tertiary/aromatic N) is 1. The van der Waals surface area contributed by atoms with Gasteiger partial charge < -0.3 is 9.64 Å². The SMILES string of the molecule is CN1CCC(=C2c3ccccc3Oc3ccc(C(F)(F)F)cc32)CC1. The Morgan fingerprint density at radius 2 is 1.60 bits per heavy atom. The highest BCUT2D eigenvalue weighted by Gasteiger charge is 2.33. The predicted octanol–water partition coefficient (Wildman–Crippen LogP) is 5.34. The number of hydrogen-bond donors (Lipinski definition) is 0. The number of para-hydroxylation sites is 1. The second-order valence-corrected chi connectivity index (χ2v) is 6.59. The van der Waals surface area contributed by atoms with E-state index in [-0.39, 0.29) is 0 Å². The summed E-state index contributed by atoms with van der Waals surface area (Å²) in [6.07, 6.45) is -2.65. The molecule has 0 saturated carbocycles. The van der Waals surface area contributed by atoms with Crippen molar-refractivity contribution in [2.75, 3.05) is 20.1 Å². The lowest BCUT2D eigenvalue weighted by Crippen LogP contribution is -2.27. The minimum Gasteiger partial charge on any atom is -0.456 e. The van der Waals surface area contributed by atoms with Crippen LogP contribution in [0.4, 0.5) is 13.2 Å². The van der Waals surface area contributed by atoms with Crippen LogP contribution in [0, 0.1) is 0 Å². The quantitative estimate of drug-likeness (QED) is 0.545. The molecule has 2 aromatic rings. The lowest BCUT2D eigenvalue weighted by Gasteiger charge is -2.30. The highest BCUT2D eigenvalue weighted by molar-refractivity contribution is 5.90. The maximum absolute atomic E-state index is 13.2. The standard InChI is InChI=1S/C20H18F3NO/c1-24-10-8-13(9-11-24)19-15-4-2-3-5-17(15)25-18-7-6-14(12-16(18)19)20(21,22)23/h2-7,12H,8-11H2,1H3. The molecule has 0 aromatic heterocycles. The maximum atomic E-state index is 13.2. The average molecular weight is 345 g/mol. The molecular formula is C20H18F3NO. The van der Waals surface area contributed by atoms with Crippen molar-refractivity contribution in [2.45, 2.75) is 19.0 Å². The van der Waals surface area contributed by atoms with E-state index in [1.54, 1.807) is 0 Å². The van der Waals surface area contributed by atoms with E-state index in [1.807, 2.05) is 24.3 Å². The van der Waals surface area contributed by atoms with Crippen LogP contribution in [-0.2, 0) is 6.18 Å². The van der Waals surface area contributed by atoms with Gasteiger partial charge >= 0.3 is 6.18 Å². The second kappa shape index (κ2) is 5.92. The first kappa shape index (κ1) is 16.2. The molecule has 2 nitrogen and oxygen atoms in total. The normalized spacial score (nSPS) is 17.8. The van der Waals surface area contributed by atoms with E-state index in [9.17, 15) is 13.2 Å². The van der Waals surface area contributed by atoms with Gasteiger partial charge in [0.2, 0.25) is 0 Å². The third kappa shape index (κ3) is 2.93. The van der Waals surface area contributed by atoms with Crippen molar-refractivity contribution in [1.82, 2.24) is 4.90 Å². The fourth-order valence-electron chi connectivity index (χ4n) is 3.54. The molecule has 0 spiro atoms. The molecule has 0 bridgehead atoms. The van der Waals surface area contributed by atoms with Crippen LogP contribution in [-0.4, -0.2) is 25.0 Å². The number of halogens is 3. The van der Waals surface area contributed by atoms with E-state index >= 15 is 0 Å². The molecule has 0 radical (unpaired) electrons. The van der Waals surface area contributed by atoms with Gasteiger partial charge in [-0.15, -0.1) is 0 Å². The van der Waals surface area contributed by atoms with Crippen molar-refractivity contribution in [3.05, 3.63) is 64.7 Å². The molecule has 130 valence electrons. The number of likely N-dealkylation sites (tertiary alicyclic amines) is 1. The zero-order valence-corrected chi connectivity index (χ0v) is 13.9. The minimum atomic E-state index is -4.37. The van der Waals surface area contributed by atoms with Crippen LogP contribution in [0.5, 0.6) is 11.5 Å². The fraction of sp³-hybridized carbons (Fsp3) is 0.300. The Morgan fingerprint density at radius 1 is 0.920 bits per heavy atom. The molecule has 25 heavy (non-hydrogen) atoms. The Bertz CT molecular complexity index is 844. The van der Waals surface area contributed by atoms with Gasteiger partial charge in [-0.2, -0.15) is 13.2 Å². The van der Waals surface area contributed by atoms with Crippen LogP contribution in [0.3, 0.4) is 0 Å². The highest BCUT2D eigenvalue weighted by atomic mass is 19.4. The van der Waals surface area contributed by atoms with E-state index in [0.29, 0.717) is 17.1 Å². The summed E-state index contributed by atoms with van der Waals surface area (Å²) in [6.45, 7) is 1.83. The van der Waals surface area contributed by atoms with Crippen LogP contribution >= 0.6 is 0 Å². The van der Waals surface area contributed by atoms with Gasteiger partial charge in [-0.05, 0) is 49.7 Å². The van der Waals surface area contributed by atoms with Gasteiger partial charge in [-0.1, -0.05) is 23.8 Å². The molecule has 0 atom stereocenters. The van der Waals surface area contributed by atoms with Gasteiger partial charge in [0.25, 0.3) is 0 Å². The number of alkyl halides is 3. The van der Waals surface area contributed by atoms with E-state index in [0.717, 1.165) is 43.1 Å². The highest BCUT2D eigenvalue weighted by Crippen LogP contribution is 2.47. The van der Waals surface area contributed by atoms with Crippen molar-refractivity contribution in [2.24, 2.45) is 0 Å². The Hall–Kier alpha value is -2.27. The molecule has 1 saturated heterocycles. The molecule has 0 amide bonds. The first-order valence-corrected chi connectivity index (χ1v) is 8.33.